The molecule has 1 aromatic carbocycles. The van der Waals surface area contributed by atoms with Gasteiger partial charge >= 0.3 is 0 Å². The highest BCUT2D eigenvalue weighted by Gasteiger charge is 2.10. The molecule has 1 N–H and O–H groups in total. The smallest absolute Gasteiger partial charge is 0.185 e. The molecule has 18 heavy (non-hydrogen) atoms. The average molecular weight is 327 g/mol. The van der Waals surface area contributed by atoms with E-state index in [9.17, 15) is 5.11 Å². The number of aromatic nitrogens is 1. The maximum absolute atomic E-state index is 9.46. The Hall–Kier alpha value is -0.910. The number of rotatable bonds is 4. The molecule has 1 atom stereocenters. The predicted molar refractivity (Wildman–Crippen MR) is 79.0 cm³/mol. The van der Waals surface area contributed by atoms with Crippen molar-refractivity contribution in [1.29, 1.82) is 0 Å². The number of halogens is 1. The summed E-state index contributed by atoms with van der Waals surface area (Å²) in [5.41, 5.74) is 1.96. The Bertz CT molecular complexity index is 527. The standard InChI is InChI=1S/C13H15BrN2OS/c1-9(17)12-8-18-13(15-12)16(2)7-10-4-3-5-11(14)6-10/h3-6,8-9,17H,7H2,1-2H3. The Balaban J connectivity index is 2.09. The van der Waals surface area contributed by atoms with Crippen LogP contribution in [0, 0.1) is 0 Å². The summed E-state index contributed by atoms with van der Waals surface area (Å²) in [7, 11) is 2.01. The first-order valence-electron chi connectivity index (χ1n) is 5.65. The molecular formula is C13H15BrN2OS. The average Bonchev–Trinajstić information content (AvgIpc) is 2.78. The van der Waals surface area contributed by atoms with Crippen molar-refractivity contribution in [3.63, 3.8) is 0 Å². The molecule has 0 aliphatic heterocycles. The third-order valence-electron chi connectivity index (χ3n) is 2.57. The Morgan fingerprint density at radius 1 is 1.50 bits per heavy atom. The number of aliphatic hydroxyl groups is 1. The zero-order valence-electron chi connectivity index (χ0n) is 10.3. The van der Waals surface area contributed by atoms with Crippen LogP contribution in [0.25, 0.3) is 0 Å². The highest BCUT2D eigenvalue weighted by Crippen LogP contribution is 2.24. The summed E-state index contributed by atoms with van der Waals surface area (Å²) in [6, 6.07) is 8.22. The predicted octanol–water partition coefficient (Wildman–Crippen LogP) is 3.60. The Morgan fingerprint density at radius 2 is 2.28 bits per heavy atom. The number of thiazole rings is 1. The fraction of sp³-hybridized carbons (Fsp3) is 0.308. The molecule has 0 aliphatic rings. The van der Waals surface area contributed by atoms with E-state index in [1.807, 2.05) is 24.6 Å². The summed E-state index contributed by atoms with van der Waals surface area (Å²) in [4.78, 5) is 6.49. The van der Waals surface area contributed by atoms with Crippen molar-refractivity contribution in [3.05, 3.63) is 45.4 Å². The first-order chi connectivity index (χ1) is 8.56. The van der Waals surface area contributed by atoms with Gasteiger partial charge in [-0.25, -0.2) is 4.98 Å². The summed E-state index contributed by atoms with van der Waals surface area (Å²) in [5, 5.41) is 12.3. The minimum Gasteiger partial charge on any atom is -0.387 e. The van der Waals surface area contributed by atoms with Gasteiger partial charge in [-0.15, -0.1) is 11.3 Å². The largest absolute Gasteiger partial charge is 0.387 e. The molecule has 2 aromatic rings. The van der Waals surface area contributed by atoms with Crippen LogP contribution < -0.4 is 4.90 Å². The van der Waals surface area contributed by atoms with Crippen molar-refractivity contribution in [1.82, 2.24) is 4.98 Å². The molecular weight excluding hydrogens is 312 g/mol. The normalized spacial score (nSPS) is 12.4. The zero-order valence-corrected chi connectivity index (χ0v) is 12.7. The molecule has 0 radical (unpaired) electrons. The van der Waals surface area contributed by atoms with Gasteiger partial charge in [0.1, 0.15) is 0 Å². The molecule has 0 bridgehead atoms. The van der Waals surface area contributed by atoms with Gasteiger partial charge in [-0.3, -0.25) is 0 Å². The Morgan fingerprint density at radius 3 is 2.89 bits per heavy atom. The van der Waals surface area contributed by atoms with Gasteiger partial charge in [-0.05, 0) is 24.6 Å². The summed E-state index contributed by atoms with van der Waals surface area (Å²) in [6.45, 7) is 2.53. The highest BCUT2D eigenvalue weighted by molar-refractivity contribution is 9.10. The zero-order chi connectivity index (χ0) is 13.1. The van der Waals surface area contributed by atoms with Crippen LogP contribution in [0.5, 0.6) is 0 Å². The minimum absolute atomic E-state index is 0.505. The first-order valence-corrected chi connectivity index (χ1v) is 7.32. The van der Waals surface area contributed by atoms with Gasteiger partial charge in [0.2, 0.25) is 0 Å². The molecule has 1 aromatic heterocycles. The monoisotopic (exact) mass is 326 g/mol. The van der Waals surface area contributed by atoms with E-state index in [1.165, 1.54) is 5.56 Å². The second-order valence-electron chi connectivity index (χ2n) is 4.22. The molecule has 0 amide bonds. The lowest BCUT2D eigenvalue weighted by Crippen LogP contribution is -2.16. The van der Waals surface area contributed by atoms with Crippen LogP contribution in [-0.2, 0) is 6.54 Å². The summed E-state index contributed by atoms with van der Waals surface area (Å²) in [6.07, 6.45) is -0.505. The molecule has 0 aliphatic carbocycles. The number of hydrogen-bond acceptors (Lipinski definition) is 4. The number of aliphatic hydroxyl groups excluding tert-OH is 1. The van der Waals surface area contributed by atoms with Crippen LogP contribution >= 0.6 is 27.3 Å². The molecule has 0 saturated carbocycles. The van der Waals surface area contributed by atoms with E-state index < -0.39 is 6.10 Å². The molecule has 2 rings (SSSR count). The van der Waals surface area contributed by atoms with E-state index in [1.54, 1.807) is 18.3 Å². The second-order valence-corrected chi connectivity index (χ2v) is 5.97. The van der Waals surface area contributed by atoms with Crippen LogP contribution in [0.1, 0.15) is 24.3 Å². The van der Waals surface area contributed by atoms with E-state index in [2.05, 4.69) is 37.9 Å². The summed E-state index contributed by atoms with van der Waals surface area (Å²) >= 11 is 5.02. The summed E-state index contributed by atoms with van der Waals surface area (Å²) in [5.74, 6) is 0. The molecule has 0 spiro atoms. The molecule has 0 fully saturated rings. The second kappa shape index (κ2) is 5.82. The number of nitrogens with zero attached hydrogens (tertiary/aromatic N) is 2. The SMILES string of the molecule is CC(O)c1csc(N(C)Cc2cccc(Br)c2)n1. The fourth-order valence-electron chi connectivity index (χ4n) is 1.62. The van der Waals surface area contributed by atoms with Crippen LogP contribution in [0.4, 0.5) is 5.13 Å². The van der Waals surface area contributed by atoms with Crippen LogP contribution in [0.2, 0.25) is 0 Å². The van der Waals surface area contributed by atoms with Crippen molar-refractivity contribution >= 4 is 32.4 Å². The topological polar surface area (TPSA) is 36.4 Å². The Kier molecular flexibility index (Phi) is 4.37. The van der Waals surface area contributed by atoms with Crippen molar-refractivity contribution in [2.24, 2.45) is 0 Å². The molecule has 5 heteroatoms. The van der Waals surface area contributed by atoms with Crippen molar-refractivity contribution in [2.75, 3.05) is 11.9 Å². The lowest BCUT2D eigenvalue weighted by atomic mass is 10.2. The van der Waals surface area contributed by atoms with Gasteiger partial charge in [-0.1, -0.05) is 28.1 Å². The lowest BCUT2D eigenvalue weighted by molar-refractivity contribution is 0.195. The number of benzene rings is 1. The van der Waals surface area contributed by atoms with E-state index in [0.717, 1.165) is 21.8 Å². The Labute approximate surface area is 119 Å². The van der Waals surface area contributed by atoms with Crippen LogP contribution in [0.3, 0.4) is 0 Å². The highest BCUT2D eigenvalue weighted by atomic mass is 79.9. The molecule has 1 heterocycles. The van der Waals surface area contributed by atoms with Gasteiger partial charge in [-0.2, -0.15) is 0 Å². The van der Waals surface area contributed by atoms with Crippen molar-refractivity contribution < 1.29 is 5.11 Å². The fourth-order valence-corrected chi connectivity index (χ4v) is 2.95. The van der Waals surface area contributed by atoms with E-state index in [0.29, 0.717) is 0 Å². The maximum atomic E-state index is 9.46. The third-order valence-corrected chi connectivity index (χ3v) is 4.04. The quantitative estimate of drug-likeness (QED) is 0.932. The molecule has 96 valence electrons. The van der Waals surface area contributed by atoms with Crippen molar-refractivity contribution in [2.45, 2.75) is 19.6 Å². The van der Waals surface area contributed by atoms with Gasteiger partial charge < -0.3 is 10.0 Å². The van der Waals surface area contributed by atoms with E-state index >= 15 is 0 Å². The third kappa shape index (κ3) is 3.31. The van der Waals surface area contributed by atoms with Gasteiger partial charge in [0.15, 0.2) is 5.13 Å². The number of anilines is 1. The van der Waals surface area contributed by atoms with E-state index in [4.69, 9.17) is 0 Å². The molecule has 1 unspecified atom stereocenters. The van der Waals surface area contributed by atoms with E-state index in [-0.39, 0.29) is 0 Å². The van der Waals surface area contributed by atoms with Crippen LogP contribution in [-0.4, -0.2) is 17.1 Å². The first kappa shape index (κ1) is 13.5. The molecule has 3 nitrogen and oxygen atoms in total. The van der Waals surface area contributed by atoms with Gasteiger partial charge in [0.05, 0.1) is 11.8 Å². The van der Waals surface area contributed by atoms with Crippen LogP contribution in [0.15, 0.2) is 34.1 Å². The maximum Gasteiger partial charge on any atom is 0.185 e. The minimum atomic E-state index is -0.505. The van der Waals surface area contributed by atoms with Crippen molar-refractivity contribution in [3.8, 4) is 0 Å². The lowest BCUT2D eigenvalue weighted by Gasteiger charge is -2.15. The summed E-state index contributed by atoms with van der Waals surface area (Å²) < 4.78 is 1.08. The van der Waals surface area contributed by atoms with Gasteiger partial charge in [0.25, 0.3) is 0 Å². The van der Waals surface area contributed by atoms with Gasteiger partial charge in [0, 0.05) is 23.4 Å². The number of hydrogen-bond donors (Lipinski definition) is 1. The molecule has 0 saturated heterocycles.